The standard InChI is InChI=1S/C21H23ClFNO5.C15H18N6O6S.C11H11Cl2NO2.C8H14ClN5.C5H12NO4P/c1-2-3-6-9-28-19(25)12-29-18-11-17(16(23)10-15(18)22)24-20(26)13-7-4-5-8-14(13)21(24)27;1-21(2)13(22)9-6-5-7-16-12(9)28(24,25)20-15(23)19-14-17-10(26-3)8-11(18-14)27-4;1-7-6-16-9-5-3-2-4-8(9)14(7)11(15)10(12)13;1-4-10-7-12-6(9)13-8(14-7)11-5(2)3;1-11(9,10)3-2-4(6)5(7)8/h10-11H,2-9,12H2,1H3;5-8H,1-4H3,(H2,17,18,19,20,23);2-5,7,10H,6H2,1H3;5H,4H2,1-3H3,(H2,10,11,12,13,14);4H,2-3,6H2,1H3,(H,7,8)(H,9,10). The van der Waals surface area contributed by atoms with E-state index in [1.807, 2.05) is 58.9 Å². The monoisotopic (exact) mass is 1490 g/mol. The van der Waals surface area contributed by atoms with Crippen molar-refractivity contribution < 1.29 is 84.6 Å². The molecule has 5 heterocycles. The summed E-state index contributed by atoms with van der Waals surface area (Å²) in [5.41, 5.74) is 6.30. The Morgan fingerprint density at radius 3 is 2.07 bits per heavy atom. The van der Waals surface area contributed by atoms with E-state index >= 15 is 0 Å². The van der Waals surface area contributed by atoms with E-state index in [1.165, 1.54) is 70.3 Å². The number of ether oxygens (including phenoxy) is 5. The maximum Gasteiger partial charge on any atom is 0.344 e. The van der Waals surface area contributed by atoms with Crippen molar-refractivity contribution in [2.45, 2.75) is 114 Å². The number of carbonyl (C=O) groups is 7. The second-order valence-corrected chi connectivity index (χ2v) is 27.7. The summed E-state index contributed by atoms with van der Waals surface area (Å²) in [5.74, 6) is -2.84. The van der Waals surface area contributed by atoms with Crippen LogP contribution in [-0.2, 0) is 43.3 Å². The number of aliphatic carboxylic acids is 1. The summed E-state index contributed by atoms with van der Waals surface area (Å²) >= 11 is 23.0. The van der Waals surface area contributed by atoms with Gasteiger partial charge in [0.2, 0.25) is 34.9 Å². The summed E-state index contributed by atoms with van der Waals surface area (Å²) in [6.07, 6.45) is 6.59. The zero-order chi connectivity index (χ0) is 73.2. The molecule has 3 unspecified atom stereocenters. The number of methoxy groups -OCH3 is 2. The van der Waals surface area contributed by atoms with E-state index in [4.69, 9.17) is 85.8 Å². The molecule has 38 heteroatoms. The average Bonchev–Trinajstić information content (AvgIpc) is 1.59. The second kappa shape index (κ2) is 39.3. The van der Waals surface area contributed by atoms with Gasteiger partial charge in [0.1, 0.15) is 30.0 Å². The third-order valence-electron chi connectivity index (χ3n) is 13.2. The number of imide groups is 1. The van der Waals surface area contributed by atoms with Crippen molar-refractivity contribution in [3.63, 3.8) is 0 Å². The number of carbonyl (C=O) groups excluding carboxylic acids is 6. The number of urea groups is 1. The van der Waals surface area contributed by atoms with Crippen molar-refractivity contribution in [3.8, 4) is 23.3 Å². The van der Waals surface area contributed by atoms with Crippen molar-refractivity contribution in [2.24, 2.45) is 5.73 Å². The van der Waals surface area contributed by atoms with Gasteiger partial charge in [-0.1, -0.05) is 66.7 Å². The normalized spacial score (nSPS) is 14.6. The molecule has 536 valence electrons. The number of aromatic nitrogens is 6. The molecule has 0 saturated heterocycles. The van der Waals surface area contributed by atoms with Crippen LogP contribution in [0.5, 0.6) is 23.3 Å². The molecule has 5 aromatic rings. The van der Waals surface area contributed by atoms with Crippen LogP contribution in [0, 0.1) is 5.82 Å². The fourth-order valence-electron chi connectivity index (χ4n) is 8.60. The Morgan fingerprint density at radius 2 is 1.51 bits per heavy atom. The number of unbranched alkanes of at least 4 members (excludes halogenated alkanes) is 2. The fourth-order valence-corrected chi connectivity index (χ4v) is 11.0. The largest absolute Gasteiger partial charge is 0.489 e. The molecule has 98 heavy (non-hydrogen) atoms. The van der Waals surface area contributed by atoms with E-state index < -0.39 is 81.4 Å². The van der Waals surface area contributed by atoms with Crippen LogP contribution in [0.25, 0.3) is 0 Å². The van der Waals surface area contributed by atoms with Gasteiger partial charge in [0.15, 0.2) is 23.8 Å². The number of hydrogen-bond acceptors (Lipinski definition) is 24. The maximum absolute atomic E-state index is 14.5. The molecule has 2 aromatic carbocycles. The minimum absolute atomic E-state index is 0.000883. The molecule has 2 aliphatic heterocycles. The molecule has 0 bridgehead atoms. The van der Waals surface area contributed by atoms with E-state index in [1.54, 1.807) is 9.62 Å². The number of esters is 1. The highest BCUT2D eigenvalue weighted by molar-refractivity contribution is 7.90. The molecule has 1 aliphatic carbocycles. The number of carboxylic acids is 1. The Balaban J connectivity index is 0.000000273. The first kappa shape index (κ1) is 82.1. The molecular formula is C60H78Cl4FN14O17PS. The number of rotatable bonds is 23. The zero-order valence-electron chi connectivity index (χ0n) is 55.1. The minimum atomic E-state index is -4.46. The van der Waals surface area contributed by atoms with Crippen LogP contribution in [0.2, 0.25) is 10.3 Å². The molecule has 6 amide bonds. The van der Waals surface area contributed by atoms with Crippen LogP contribution in [0.15, 0.2) is 77.0 Å². The highest BCUT2D eigenvalue weighted by Gasteiger charge is 2.41. The number of anilines is 5. The Morgan fingerprint density at radius 1 is 0.888 bits per heavy atom. The third kappa shape index (κ3) is 25.5. The first-order valence-electron chi connectivity index (χ1n) is 30.0. The Bertz CT molecular complexity index is 3770. The van der Waals surface area contributed by atoms with E-state index in [-0.39, 0.29) is 75.6 Å². The number of sulfonamides is 1. The molecule has 3 atom stereocenters. The Hall–Kier alpha value is -8.30. The number of fused-ring (bicyclic) bond motifs is 1. The minimum Gasteiger partial charge on any atom is -0.489 e. The van der Waals surface area contributed by atoms with Crippen LogP contribution in [0.1, 0.15) is 96.3 Å². The van der Waals surface area contributed by atoms with Crippen molar-refractivity contribution in [3.05, 3.63) is 93.6 Å². The van der Waals surface area contributed by atoms with Crippen molar-refractivity contribution in [1.82, 2.24) is 39.5 Å². The topological polar surface area (TPSA) is 419 Å². The molecule has 8 N–H and O–H groups in total. The molecular weight excluding hydrogens is 1410 g/mol. The molecule has 0 saturated carbocycles. The molecule has 31 nitrogen and oxygen atoms in total. The van der Waals surface area contributed by atoms with E-state index in [9.17, 15) is 50.9 Å². The number of carboxylic acid groups (broad SMARTS) is 1. The van der Waals surface area contributed by atoms with Crippen LogP contribution in [0.4, 0.5) is 38.4 Å². The lowest BCUT2D eigenvalue weighted by atomic mass is 9.93. The summed E-state index contributed by atoms with van der Waals surface area (Å²) < 4.78 is 77.8. The summed E-state index contributed by atoms with van der Waals surface area (Å²) in [4.78, 5) is 118. The number of nitrogens with one attached hydrogen (secondary N) is 4. The number of amides is 6. The number of nitrogens with two attached hydrogens (primary N) is 1. The number of nitrogens with zero attached hydrogens (tertiary/aromatic N) is 9. The van der Waals surface area contributed by atoms with Crippen molar-refractivity contribution in [1.29, 1.82) is 0 Å². The van der Waals surface area contributed by atoms with Gasteiger partial charge >= 0.3 is 18.0 Å². The van der Waals surface area contributed by atoms with Crippen molar-refractivity contribution in [2.75, 3.05) is 93.3 Å². The van der Waals surface area contributed by atoms with Crippen LogP contribution in [0.3, 0.4) is 0 Å². The maximum atomic E-state index is 14.5. The van der Waals surface area contributed by atoms with E-state index in [0.717, 1.165) is 55.3 Å². The van der Waals surface area contributed by atoms with E-state index in [2.05, 4.69) is 45.9 Å². The van der Waals surface area contributed by atoms with Gasteiger partial charge < -0.3 is 59.9 Å². The van der Waals surface area contributed by atoms with Crippen LogP contribution in [-0.4, -0.2) is 185 Å². The number of para-hydroxylation sites is 2. The predicted octanol–water partition coefficient (Wildman–Crippen LogP) is 8.51. The summed E-state index contributed by atoms with van der Waals surface area (Å²) in [7, 11) is -1.95. The van der Waals surface area contributed by atoms with Gasteiger partial charge in [-0.2, -0.15) is 33.3 Å². The van der Waals surface area contributed by atoms with Crippen LogP contribution >= 0.6 is 53.8 Å². The molecule has 0 spiro atoms. The van der Waals surface area contributed by atoms with Crippen molar-refractivity contribution >= 4 is 135 Å². The third-order valence-corrected chi connectivity index (χ3v) is 16.4. The predicted molar refractivity (Wildman–Crippen MR) is 365 cm³/mol. The second-order valence-electron chi connectivity index (χ2n) is 21.7. The van der Waals surface area contributed by atoms with Gasteiger partial charge in [-0.15, -0.1) is 0 Å². The number of benzene rings is 2. The highest BCUT2D eigenvalue weighted by atomic mass is 35.5. The van der Waals surface area contributed by atoms with Gasteiger partial charge in [0.25, 0.3) is 33.7 Å². The molecule has 3 aliphatic rings. The zero-order valence-corrected chi connectivity index (χ0v) is 59.9. The molecule has 0 fully saturated rings. The Labute approximate surface area is 585 Å². The van der Waals surface area contributed by atoms with E-state index in [0.29, 0.717) is 54.8 Å². The van der Waals surface area contributed by atoms with Gasteiger partial charge in [-0.25, -0.2) is 28.6 Å². The highest BCUT2D eigenvalue weighted by Crippen LogP contribution is 2.40. The van der Waals surface area contributed by atoms with Gasteiger partial charge in [0, 0.05) is 62.9 Å². The number of halogens is 5. The number of pyridine rings is 1. The summed E-state index contributed by atoms with van der Waals surface area (Å²) in [5, 5.41) is 16.0. The summed E-state index contributed by atoms with van der Waals surface area (Å²) in [6.45, 7) is 12.2. The van der Waals surface area contributed by atoms with Crippen LogP contribution < -0.4 is 55.2 Å². The SMILES string of the molecule is CC1COc2ccccc2N1C(=O)C(Cl)Cl.CCCCCOC(=O)COc1cc(N2C(=O)C3=C(CCCC3)C2=O)c(F)cc1Cl.CCNc1nc(Cl)nc(NC(C)C)n1.COc1cc(OC)nc(NC(=O)NS(=O)(=O)c2ncccc2C(=O)N(C)C)n1.CP(=O)(O)CCC(N)C(=O)O. The molecule has 3 aromatic heterocycles. The smallest absolute Gasteiger partial charge is 0.344 e. The first-order chi connectivity index (χ1) is 46.2. The lowest BCUT2D eigenvalue weighted by molar-refractivity contribution is -0.146. The molecule has 0 radical (unpaired) electrons. The van der Waals surface area contributed by atoms with Gasteiger partial charge in [-0.3, -0.25) is 33.9 Å². The average molecular weight is 1490 g/mol. The first-order valence-corrected chi connectivity index (χ1v) is 35.5. The Kier molecular flexibility index (Phi) is 33.0. The number of alkyl halides is 2. The number of hydrogen-bond donors (Lipinski definition) is 7. The lowest BCUT2D eigenvalue weighted by Crippen LogP contribution is -2.47. The van der Waals surface area contributed by atoms with Gasteiger partial charge in [-0.05, 0) is 108 Å². The fraction of sp³-hybridized carbons (Fsp3) is 0.450. The quantitative estimate of drug-likeness (QED) is 0.0106. The summed E-state index contributed by atoms with van der Waals surface area (Å²) in [6, 6.07) is 11.6. The molecule has 8 rings (SSSR count). The van der Waals surface area contributed by atoms with Gasteiger partial charge in [0.05, 0.1) is 54.9 Å². The lowest BCUT2D eigenvalue weighted by Gasteiger charge is -2.35.